The fourth-order valence-electron chi connectivity index (χ4n) is 8.70. The Labute approximate surface area is 345 Å². The zero-order valence-corrected chi connectivity index (χ0v) is 35.5. The van der Waals surface area contributed by atoms with Gasteiger partial charge in [0.15, 0.2) is 0 Å². The molecule has 0 fully saturated rings. The first-order valence-corrected chi connectivity index (χ1v) is 21.1. The number of benzene rings is 8. The maximum absolute atomic E-state index is 6.23. The highest BCUT2D eigenvalue weighted by Crippen LogP contribution is 2.49. The predicted octanol–water partition coefficient (Wildman–Crippen LogP) is 15.7. The quantitative estimate of drug-likeness (QED) is 0.0813. The molecule has 0 atom stereocenters. The first-order chi connectivity index (χ1) is 28.2. The maximum Gasteiger partial charge on any atom is 0.119 e. The Kier molecular flexibility index (Phi) is 11.0. The van der Waals surface area contributed by atoms with E-state index in [0.717, 1.165) is 73.1 Å². The van der Waals surface area contributed by atoms with Gasteiger partial charge in [0.1, 0.15) is 11.5 Å². The van der Waals surface area contributed by atoms with Crippen LogP contribution in [0.2, 0.25) is 0 Å². The number of hydrogen-bond acceptors (Lipinski definition) is 4. The van der Waals surface area contributed by atoms with Crippen molar-refractivity contribution in [3.63, 3.8) is 0 Å². The summed E-state index contributed by atoms with van der Waals surface area (Å²) >= 11 is 0. The third-order valence-corrected chi connectivity index (χ3v) is 11.6. The average molecular weight is 765 g/mol. The molecule has 0 aliphatic rings. The molecule has 0 aromatic heterocycles. The van der Waals surface area contributed by atoms with E-state index in [1.165, 1.54) is 77.1 Å². The second-order valence-electron chi connectivity index (χ2n) is 16.1. The molecule has 58 heavy (non-hydrogen) atoms. The monoisotopic (exact) mass is 764 g/mol. The molecular weight excluding hydrogens is 709 g/mol. The summed E-state index contributed by atoms with van der Waals surface area (Å²) in [6.07, 6.45) is 4.31. The number of ether oxygens (including phenoxy) is 2. The molecule has 0 saturated carbocycles. The zero-order valence-electron chi connectivity index (χ0n) is 35.5. The van der Waals surface area contributed by atoms with Crippen LogP contribution in [0.5, 0.6) is 11.5 Å². The fourth-order valence-corrected chi connectivity index (χ4v) is 8.70. The first kappa shape index (κ1) is 38.9. The first-order valence-electron chi connectivity index (χ1n) is 21.1. The summed E-state index contributed by atoms with van der Waals surface area (Å²) in [6, 6.07) is 45.2. The molecule has 0 aliphatic carbocycles. The van der Waals surface area contributed by atoms with Crippen LogP contribution in [-0.2, 0) is 0 Å². The molecule has 0 spiro atoms. The van der Waals surface area contributed by atoms with Crippen molar-refractivity contribution in [2.45, 2.75) is 81.1 Å². The minimum Gasteiger partial charge on any atom is -0.494 e. The minimum absolute atomic E-state index is 0.729. The van der Waals surface area contributed by atoms with Gasteiger partial charge in [0.2, 0.25) is 0 Å². The van der Waals surface area contributed by atoms with Crippen LogP contribution in [0.3, 0.4) is 0 Å². The van der Waals surface area contributed by atoms with Crippen LogP contribution in [0.15, 0.2) is 121 Å². The SMILES string of the molecule is CCCCOc1cc(C)c(N(c2ccc(C)cc2)c2ccc3ccc4c(N(c5ccc(C)cc5)c5c(C)cc(OCCCC)cc5C)ccc5ccc2c3c54)c(C)c1. The Hall–Kier alpha value is -6.00. The standard InChI is InChI=1S/C54H56N2O2/c1-9-11-29-57-45-31-37(5)53(38(6)32-45)55(43-21-13-35(3)14-22-43)49-27-19-41-18-26-48-50(28-20-42-17-25-47(49)51(41)52(42)48)56(44-23-15-36(4)16-24-44)54-39(7)33-46(34-40(54)8)58-30-12-10-2/h13-28,31-34H,9-12,29-30H2,1-8H3. The van der Waals surface area contributed by atoms with Gasteiger partial charge < -0.3 is 19.3 Å². The van der Waals surface area contributed by atoms with Gasteiger partial charge in [-0.05, 0) is 159 Å². The van der Waals surface area contributed by atoms with E-state index in [4.69, 9.17) is 9.47 Å². The van der Waals surface area contributed by atoms with E-state index in [-0.39, 0.29) is 0 Å². The van der Waals surface area contributed by atoms with Crippen LogP contribution < -0.4 is 19.3 Å². The summed E-state index contributed by atoms with van der Waals surface area (Å²) in [5.74, 6) is 1.86. The molecule has 0 bridgehead atoms. The number of unbranched alkanes of at least 4 members (excludes halogenated alkanes) is 2. The summed E-state index contributed by atoms with van der Waals surface area (Å²) in [6.45, 7) is 19.0. The Balaban J connectivity index is 1.35. The van der Waals surface area contributed by atoms with E-state index in [2.05, 4.69) is 187 Å². The van der Waals surface area contributed by atoms with Crippen molar-refractivity contribution in [2.75, 3.05) is 23.0 Å². The molecule has 4 heteroatoms. The Morgan fingerprint density at radius 1 is 0.414 bits per heavy atom. The highest BCUT2D eigenvalue weighted by atomic mass is 16.5. The second kappa shape index (κ2) is 16.5. The van der Waals surface area contributed by atoms with Crippen molar-refractivity contribution in [1.29, 1.82) is 0 Å². The van der Waals surface area contributed by atoms with Crippen molar-refractivity contribution in [1.82, 2.24) is 0 Å². The molecular formula is C54H56N2O2. The van der Waals surface area contributed by atoms with Crippen molar-refractivity contribution >= 4 is 66.4 Å². The molecule has 0 N–H and O–H groups in total. The molecule has 8 rings (SSSR count). The number of rotatable bonds is 14. The van der Waals surface area contributed by atoms with E-state index in [0.29, 0.717) is 0 Å². The van der Waals surface area contributed by atoms with E-state index >= 15 is 0 Å². The smallest absolute Gasteiger partial charge is 0.119 e. The number of aryl methyl sites for hydroxylation is 6. The third kappa shape index (κ3) is 7.33. The van der Waals surface area contributed by atoms with Gasteiger partial charge in [-0.2, -0.15) is 0 Å². The zero-order chi connectivity index (χ0) is 40.5. The van der Waals surface area contributed by atoms with Crippen LogP contribution in [0, 0.1) is 41.5 Å². The van der Waals surface area contributed by atoms with E-state index in [9.17, 15) is 0 Å². The van der Waals surface area contributed by atoms with Gasteiger partial charge in [0.05, 0.1) is 36.0 Å². The molecule has 0 saturated heterocycles. The Bertz CT molecular complexity index is 2480. The Morgan fingerprint density at radius 2 is 0.759 bits per heavy atom. The van der Waals surface area contributed by atoms with Gasteiger partial charge in [-0.3, -0.25) is 0 Å². The predicted molar refractivity (Wildman–Crippen MR) is 249 cm³/mol. The van der Waals surface area contributed by atoms with Crippen molar-refractivity contribution in [2.24, 2.45) is 0 Å². The highest BCUT2D eigenvalue weighted by molar-refractivity contribution is 6.28. The lowest BCUT2D eigenvalue weighted by Gasteiger charge is -2.32. The van der Waals surface area contributed by atoms with Crippen LogP contribution >= 0.6 is 0 Å². The maximum atomic E-state index is 6.23. The van der Waals surface area contributed by atoms with Crippen LogP contribution in [0.25, 0.3) is 32.3 Å². The number of anilines is 6. The van der Waals surface area contributed by atoms with Gasteiger partial charge in [0.25, 0.3) is 0 Å². The summed E-state index contributed by atoms with van der Waals surface area (Å²) in [5.41, 5.74) is 14.1. The molecule has 294 valence electrons. The molecule has 0 unspecified atom stereocenters. The molecule has 0 radical (unpaired) electrons. The summed E-state index contributed by atoms with van der Waals surface area (Å²) < 4.78 is 12.5. The molecule has 0 aliphatic heterocycles. The van der Waals surface area contributed by atoms with Crippen LogP contribution in [-0.4, -0.2) is 13.2 Å². The second-order valence-corrected chi connectivity index (χ2v) is 16.1. The Morgan fingerprint density at radius 3 is 1.10 bits per heavy atom. The normalized spacial score (nSPS) is 11.5. The van der Waals surface area contributed by atoms with Crippen molar-refractivity contribution in [3.8, 4) is 11.5 Å². The molecule has 0 amide bonds. The minimum atomic E-state index is 0.729. The molecule has 0 heterocycles. The number of hydrogen-bond donors (Lipinski definition) is 0. The lowest BCUT2D eigenvalue weighted by molar-refractivity contribution is 0.309. The van der Waals surface area contributed by atoms with E-state index in [1.807, 2.05) is 0 Å². The van der Waals surface area contributed by atoms with Crippen molar-refractivity contribution < 1.29 is 9.47 Å². The van der Waals surface area contributed by atoms with Gasteiger partial charge in [0, 0.05) is 22.1 Å². The topological polar surface area (TPSA) is 24.9 Å². The van der Waals surface area contributed by atoms with Gasteiger partial charge >= 0.3 is 0 Å². The van der Waals surface area contributed by atoms with E-state index < -0.39 is 0 Å². The molecule has 4 nitrogen and oxygen atoms in total. The summed E-state index contributed by atoms with van der Waals surface area (Å²) in [5, 5.41) is 7.45. The molecule has 8 aromatic rings. The van der Waals surface area contributed by atoms with Gasteiger partial charge in [-0.15, -0.1) is 0 Å². The van der Waals surface area contributed by atoms with Gasteiger partial charge in [-0.25, -0.2) is 0 Å². The van der Waals surface area contributed by atoms with Crippen molar-refractivity contribution in [3.05, 3.63) is 155 Å². The fraction of sp³-hybridized carbons (Fsp3) is 0.259. The van der Waals surface area contributed by atoms with Crippen LogP contribution in [0.4, 0.5) is 34.1 Å². The average Bonchev–Trinajstić information content (AvgIpc) is 3.21. The lowest BCUT2D eigenvalue weighted by atomic mass is 9.91. The summed E-state index contributed by atoms with van der Waals surface area (Å²) in [4.78, 5) is 4.92. The van der Waals surface area contributed by atoms with Gasteiger partial charge in [-0.1, -0.05) is 98.5 Å². The van der Waals surface area contributed by atoms with E-state index in [1.54, 1.807) is 0 Å². The summed E-state index contributed by atoms with van der Waals surface area (Å²) in [7, 11) is 0. The third-order valence-electron chi connectivity index (χ3n) is 11.6. The largest absolute Gasteiger partial charge is 0.494 e. The van der Waals surface area contributed by atoms with Crippen LogP contribution in [0.1, 0.15) is 72.9 Å². The highest BCUT2D eigenvalue weighted by Gasteiger charge is 2.25. The number of nitrogens with zero attached hydrogens (tertiary/aromatic N) is 2. The molecule has 8 aromatic carbocycles. The lowest BCUT2D eigenvalue weighted by Crippen LogP contribution is -2.14.